The lowest BCUT2D eigenvalue weighted by molar-refractivity contribution is -0.386. The average molecular weight is 306 g/mol. The molecule has 1 aliphatic heterocycles. The molecule has 1 heterocycles. The third-order valence-electron chi connectivity index (χ3n) is 2.37. The first-order chi connectivity index (χ1) is 7.91. The molecule has 7 heteroatoms. The van der Waals surface area contributed by atoms with Gasteiger partial charge in [-0.15, -0.1) is 0 Å². The van der Waals surface area contributed by atoms with Gasteiger partial charge in [-0.2, -0.15) is 0 Å². The van der Waals surface area contributed by atoms with E-state index < -0.39 is 16.3 Å². The van der Waals surface area contributed by atoms with Gasteiger partial charge in [0.05, 0.1) is 16.0 Å². The second-order valence-corrected chi connectivity index (χ2v) is 4.87. The first kappa shape index (κ1) is 12.3. The van der Waals surface area contributed by atoms with E-state index in [9.17, 15) is 14.5 Å². The SMILES string of the molecule is CC1(COc2cc(F)c(Br)cc2[N+](=O)[O-])CO1. The second-order valence-electron chi connectivity index (χ2n) is 4.02. The van der Waals surface area contributed by atoms with Crippen molar-refractivity contribution in [2.75, 3.05) is 13.2 Å². The van der Waals surface area contributed by atoms with E-state index in [0.717, 1.165) is 12.1 Å². The van der Waals surface area contributed by atoms with Gasteiger partial charge in [-0.05, 0) is 22.9 Å². The van der Waals surface area contributed by atoms with Crippen LogP contribution in [-0.4, -0.2) is 23.7 Å². The summed E-state index contributed by atoms with van der Waals surface area (Å²) in [6, 6.07) is 2.08. The Hall–Kier alpha value is -1.21. The second kappa shape index (κ2) is 4.23. The summed E-state index contributed by atoms with van der Waals surface area (Å²) in [6.07, 6.45) is 0. The normalized spacial score (nSPS) is 22.3. The maximum absolute atomic E-state index is 13.3. The molecule has 0 aliphatic carbocycles. The van der Waals surface area contributed by atoms with Gasteiger partial charge in [0.2, 0.25) is 0 Å². The topological polar surface area (TPSA) is 64.9 Å². The zero-order valence-electron chi connectivity index (χ0n) is 8.91. The highest BCUT2D eigenvalue weighted by Crippen LogP contribution is 2.34. The predicted molar refractivity (Wildman–Crippen MR) is 60.6 cm³/mol. The van der Waals surface area contributed by atoms with E-state index in [1.165, 1.54) is 0 Å². The Morgan fingerprint density at radius 2 is 2.35 bits per heavy atom. The number of benzene rings is 1. The van der Waals surface area contributed by atoms with Crippen molar-refractivity contribution in [1.82, 2.24) is 0 Å². The lowest BCUT2D eigenvalue weighted by Gasteiger charge is -2.09. The van der Waals surface area contributed by atoms with E-state index in [1.54, 1.807) is 0 Å². The van der Waals surface area contributed by atoms with Crippen molar-refractivity contribution in [3.63, 3.8) is 0 Å². The van der Waals surface area contributed by atoms with Gasteiger partial charge < -0.3 is 9.47 Å². The molecule has 0 aromatic heterocycles. The van der Waals surface area contributed by atoms with Gasteiger partial charge in [-0.3, -0.25) is 10.1 Å². The first-order valence-corrected chi connectivity index (χ1v) is 5.61. The molecule has 0 amide bonds. The minimum Gasteiger partial charge on any atom is -0.484 e. The molecule has 0 radical (unpaired) electrons. The van der Waals surface area contributed by atoms with E-state index in [1.807, 2.05) is 6.92 Å². The third-order valence-corrected chi connectivity index (χ3v) is 2.98. The van der Waals surface area contributed by atoms with E-state index in [0.29, 0.717) is 6.61 Å². The first-order valence-electron chi connectivity index (χ1n) is 4.81. The molecular formula is C10H9BrFNO4. The zero-order valence-corrected chi connectivity index (χ0v) is 10.5. The molecule has 0 saturated carbocycles. The monoisotopic (exact) mass is 305 g/mol. The molecule has 1 aliphatic rings. The maximum atomic E-state index is 13.3. The summed E-state index contributed by atoms with van der Waals surface area (Å²) in [5, 5.41) is 10.8. The minimum atomic E-state index is -0.615. The molecule has 0 spiro atoms. The highest BCUT2D eigenvalue weighted by Gasteiger charge is 2.40. The Balaban J connectivity index is 2.24. The van der Waals surface area contributed by atoms with Crippen LogP contribution in [0.15, 0.2) is 16.6 Å². The summed E-state index contributed by atoms with van der Waals surface area (Å²) in [7, 11) is 0. The number of hydrogen-bond acceptors (Lipinski definition) is 4. The summed E-state index contributed by atoms with van der Waals surface area (Å²) in [5.74, 6) is -0.695. The molecule has 1 aromatic carbocycles. The third kappa shape index (κ3) is 2.73. The number of nitro benzene ring substituents is 1. The van der Waals surface area contributed by atoms with Gasteiger partial charge in [-0.25, -0.2) is 4.39 Å². The number of ether oxygens (including phenoxy) is 2. The van der Waals surface area contributed by atoms with Crippen molar-refractivity contribution in [2.24, 2.45) is 0 Å². The molecular weight excluding hydrogens is 297 g/mol. The summed E-state index contributed by atoms with van der Waals surface area (Å²) in [5.41, 5.74) is -0.681. The van der Waals surface area contributed by atoms with Crippen LogP contribution < -0.4 is 4.74 Å². The molecule has 1 atom stereocenters. The van der Waals surface area contributed by atoms with E-state index in [2.05, 4.69) is 15.9 Å². The van der Waals surface area contributed by atoms with E-state index in [-0.39, 0.29) is 22.5 Å². The molecule has 17 heavy (non-hydrogen) atoms. The van der Waals surface area contributed by atoms with E-state index in [4.69, 9.17) is 9.47 Å². The largest absolute Gasteiger partial charge is 0.484 e. The number of halogens is 2. The van der Waals surface area contributed by atoms with Gasteiger partial charge in [0.25, 0.3) is 0 Å². The molecule has 1 saturated heterocycles. The van der Waals surface area contributed by atoms with Crippen LogP contribution >= 0.6 is 15.9 Å². The van der Waals surface area contributed by atoms with Crippen LogP contribution in [-0.2, 0) is 4.74 Å². The molecule has 1 aromatic rings. The van der Waals surface area contributed by atoms with Crippen molar-refractivity contribution in [2.45, 2.75) is 12.5 Å². The maximum Gasteiger partial charge on any atom is 0.312 e. The number of hydrogen-bond donors (Lipinski definition) is 0. The van der Waals surface area contributed by atoms with Crippen molar-refractivity contribution in [3.8, 4) is 5.75 Å². The standard InChI is InChI=1S/C10H9BrFNO4/c1-10(5-17-10)4-16-9-3-7(12)6(11)2-8(9)13(14)15/h2-3H,4-5H2,1H3. The van der Waals surface area contributed by atoms with Crippen LogP contribution in [0.2, 0.25) is 0 Å². The number of nitrogens with zero attached hydrogens (tertiary/aromatic N) is 1. The quantitative estimate of drug-likeness (QED) is 0.487. The Morgan fingerprint density at radius 3 is 2.88 bits per heavy atom. The van der Waals surface area contributed by atoms with Crippen LogP contribution in [0.4, 0.5) is 10.1 Å². The van der Waals surface area contributed by atoms with Crippen LogP contribution in [0, 0.1) is 15.9 Å². The molecule has 0 bridgehead atoms. The number of rotatable bonds is 4. The fourth-order valence-electron chi connectivity index (χ4n) is 1.21. The van der Waals surface area contributed by atoms with Crippen molar-refractivity contribution >= 4 is 21.6 Å². The minimum absolute atomic E-state index is 0.0328. The Morgan fingerprint density at radius 1 is 1.71 bits per heavy atom. The van der Waals surface area contributed by atoms with Crippen LogP contribution in [0.5, 0.6) is 5.75 Å². The van der Waals surface area contributed by atoms with E-state index >= 15 is 0 Å². The highest BCUT2D eigenvalue weighted by molar-refractivity contribution is 9.10. The van der Waals surface area contributed by atoms with Gasteiger partial charge in [0.1, 0.15) is 18.0 Å². The van der Waals surface area contributed by atoms with Gasteiger partial charge in [0.15, 0.2) is 5.75 Å². The molecule has 2 rings (SSSR count). The Bertz CT molecular complexity index is 476. The zero-order chi connectivity index (χ0) is 12.6. The van der Waals surface area contributed by atoms with Crippen molar-refractivity contribution in [3.05, 3.63) is 32.5 Å². The number of epoxide rings is 1. The summed E-state index contributed by atoms with van der Waals surface area (Å²) in [4.78, 5) is 10.2. The van der Waals surface area contributed by atoms with Crippen LogP contribution in [0.25, 0.3) is 0 Å². The highest BCUT2D eigenvalue weighted by atomic mass is 79.9. The molecule has 1 unspecified atom stereocenters. The lowest BCUT2D eigenvalue weighted by atomic mass is 10.2. The van der Waals surface area contributed by atoms with Gasteiger partial charge in [-0.1, -0.05) is 0 Å². The van der Waals surface area contributed by atoms with Crippen LogP contribution in [0.1, 0.15) is 6.92 Å². The summed E-state index contributed by atoms with van der Waals surface area (Å²) in [6.45, 7) is 2.52. The van der Waals surface area contributed by atoms with Crippen molar-refractivity contribution < 1.29 is 18.8 Å². The van der Waals surface area contributed by atoms with Gasteiger partial charge >= 0.3 is 5.69 Å². The molecule has 5 nitrogen and oxygen atoms in total. The summed E-state index contributed by atoms with van der Waals surface area (Å²) >= 11 is 2.89. The average Bonchev–Trinajstić information content (AvgIpc) is 2.98. The fourth-order valence-corrected chi connectivity index (χ4v) is 1.54. The molecule has 0 N–H and O–H groups in total. The molecule has 92 valence electrons. The summed E-state index contributed by atoms with van der Waals surface area (Å²) < 4.78 is 23.6. The fraction of sp³-hybridized carbons (Fsp3) is 0.400. The number of nitro groups is 1. The van der Waals surface area contributed by atoms with Gasteiger partial charge in [0, 0.05) is 12.1 Å². The lowest BCUT2D eigenvalue weighted by Crippen LogP contribution is -2.17. The Kier molecular flexibility index (Phi) is 3.05. The Labute approximate surface area is 105 Å². The van der Waals surface area contributed by atoms with Crippen LogP contribution in [0.3, 0.4) is 0 Å². The van der Waals surface area contributed by atoms with Crippen molar-refractivity contribution in [1.29, 1.82) is 0 Å². The molecule has 1 fully saturated rings. The predicted octanol–water partition coefficient (Wildman–Crippen LogP) is 2.66. The smallest absolute Gasteiger partial charge is 0.312 e.